The van der Waals surface area contributed by atoms with E-state index in [0.717, 1.165) is 0 Å². The molecule has 1 N–H and O–H groups in total. The highest BCUT2D eigenvalue weighted by molar-refractivity contribution is 5.97. The van der Waals surface area contributed by atoms with Crippen molar-refractivity contribution in [3.05, 3.63) is 0 Å². The van der Waals surface area contributed by atoms with E-state index in [2.05, 4.69) is 10.1 Å². The van der Waals surface area contributed by atoms with E-state index in [1.165, 1.54) is 6.92 Å². The minimum atomic E-state index is -0.761. The lowest BCUT2D eigenvalue weighted by Crippen LogP contribution is -2.39. The van der Waals surface area contributed by atoms with Crippen LogP contribution in [0.3, 0.4) is 0 Å². The molecule has 0 aromatic carbocycles. The second-order valence-electron chi connectivity index (χ2n) is 4.06. The zero-order valence-corrected chi connectivity index (χ0v) is 12.1. The molecule has 0 aromatic rings. The molecule has 0 heterocycles. The lowest BCUT2D eigenvalue weighted by Gasteiger charge is -2.12. The SMILES string of the molecule is CCOC(=O)CC(=O)CCC(=O)NC(C)C(=O)OCC. The Balaban J connectivity index is 3.95. The average molecular weight is 287 g/mol. The molecule has 0 radical (unpaired) electrons. The molecule has 1 unspecified atom stereocenters. The second-order valence-corrected chi connectivity index (χ2v) is 4.06. The van der Waals surface area contributed by atoms with Gasteiger partial charge in [0.2, 0.25) is 5.91 Å². The topological polar surface area (TPSA) is 98.8 Å². The van der Waals surface area contributed by atoms with Crippen LogP contribution in [0.25, 0.3) is 0 Å². The summed E-state index contributed by atoms with van der Waals surface area (Å²) < 4.78 is 9.35. The second kappa shape index (κ2) is 9.94. The maximum Gasteiger partial charge on any atom is 0.328 e. The van der Waals surface area contributed by atoms with Gasteiger partial charge in [-0.1, -0.05) is 0 Å². The Morgan fingerprint density at radius 2 is 1.60 bits per heavy atom. The first-order valence-electron chi connectivity index (χ1n) is 6.54. The summed E-state index contributed by atoms with van der Waals surface area (Å²) in [5, 5.41) is 2.42. The van der Waals surface area contributed by atoms with Crippen LogP contribution < -0.4 is 5.32 Å². The molecule has 0 aromatic heterocycles. The van der Waals surface area contributed by atoms with Gasteiger partial charge in [0.05, 0.1) is 13.2 Å². The number of hydrogen-bond acceptors (Lipinski definition) is 6. The number of rotatable bonds is 9. The fourth-order valence-electron chi connectivity index (χ4n) is 1.35. The Labute approximate surface area is 118 Å². The summed E-state index contributed by atoms with van der Waals surface area (Å²) >= 11 is 0. The minimum Gasteiger partial charge on any atom is -0.466 e. The van der Waals surface area contributed by atoms with E-state index in [9.17, 15) is 19.2 Å². The molecule has 7 heteroatoms. The van der Waals surface area contributed by atoms with Crippen molar-refractivity contribution in [3.63, 3.8) is 0 Å². The highest BCUT2D eigenvalue weighted by atomic mass is 16.5. The van der Waals surface area contributed by atoms with Crippen molar-refractivity contribution >= 4 is 23.6 Å². The molecule has 0 spiro atoms. The van der Waals surface area contributed by atoms with Gasteiger partial charge in [-0.15, -0.1) is 0 Å². The summed E-state index contributed by atoms with van der Waals surface area (Å²) in [5.41, 5.74) is 0. The van der Waals surface area contributed by atoms with Crippen LogP contribution in [-0.2, 0) is 28.7 Å². The molecular formula is C13H21NO6. The number of nitrogens with one attached hydrogen (secondary N) is 1. The Bertz CT molecular complexity index is 366. The molecule has 0 aliphatic carbocycles. The zero-order chi connectivity index (χ0) is 15.5. The summed E-state index contributed by atoms with van der Waals surface area (Å²) in [6, 6.07) is -0.761. The van der Waals surface area contributed by atoms with Gasteiger partial charge >= 0.3 is 11.9 Å². The summed E-state index contributed by atoms with van der Waals surface area (Å²) in [5.74, 6) is -1.94. The normalized spacial score (nSPS) is 11.3. The average Bonchev–Trinajstić information content (AvgIpc) is 2.36. The van der Waals surface area contributed by atoms with Crippen LogP contribution in [0.15, 0.2) is 0 Å². The van der Waals surface area contributed by atoms with Gasteiger partial charge in [-0.3, -0.25) is 14.4 Å². The van der Waals surface area contributed by atoms with E-state index in [4.69, 9.17) is 4.74 Å². The minimum absolute atomic E-state index is 0.0693. The first kappa shape index (κ1) is 18.1. The summed E-state index contributed by atoms with van der Waals surface area (Å²) in [6.07, 6.45) is -0.489. The van der Waals surface area contributed by atoms with Crippen molar-refractivity contribution in [2.45, 2.75) is 46.1 Å². The van der Waals surface area contributed by atoms with Gasteiger partial charge in [-0.25, -0.2) is 4.79 Å². The van der Waals surface area contributed by atoms with E-state index in [1.54, 1.807) is 13.8 Å². The van der Waals surface area contributed by atoms with Gasteiger partial charge in [0, 0.05) is 12.8 Å². The van der Waals surface area contributed by atoms with Crippen LogP contribution in [-0.4, -0.2) is 42.9 Å². The molecule has 0 bridgehead atoms. The molecular weight excluding hydrogens is 266 g/mol. The van der Waals surface area contributed by atoms with Crippen LogP contribution in [0, 0.1) is 0 Å². The number of ketones is 1. The number of ether oxygens (including phenoxy) is 2. The first-order valence-corrected chi connectivity index (χ1v) is 6.54. The van der Waals surface area contributed by atoms with Crippen LogP contribution in [0.1, 0.15) is 40.0 Å². The zero-order valence-electron chi connectivity index (χ0n) is 12.1. The van der Waals surface area contributed by atoms with Crippen LogP contribution in [0.5, 0.6) is 0 Å². The Hall–Kier alpha value is -1.92. The number of amides is 1. The van der Waals surface area contributed by atoms with Crippen molar-refractivity contribution in [2.75, 3.05) is 13.2 Å². The summed E-state index contributed by atoms with van der Waals surface area (Å²) in [7, 11) is 0. The van der Waals surface area contributed by atoms with Gasteiger partial charge in [-0.2, -0.15) is 0 Å². The number of carbonyl (C=O) groups excluding carboxylic acids is 4. The maximum absolute atomic E-state index is 11.5. The summed E-state index contributed by atoms with van der Waals surface area (Å²) in [4.78, 5) is 45.2. The van der Waals surface area contributed by atoms with E-state index in [0.29, 0.717) is 0 Å². The van der Waals surface area contributed by atoms with Gasteiger partial charge in [-0.05, 0) is 20.8 Å². The molecule has 1 atom stereocenters. The number of carbonyl (C=O) groups is 4. The molecule has 0 rings (SSSR count). The van der Waals surface area contributed by atoms with Crippen molar-refractivity contribution in [1.82, 2.24) is 5.32 Å². The summed E-state index contributed by atoms with van der Waals surface area (Å²) in [6.45, 7) is 5.25. The fourth-order valence-corrected chi connectivity index (χ4v) is 1.35. The number of esters is 2. The molecule has 0 saturated carbocycles. The molecule has 20 heavy (non-hydrogen) atoms. The molecule has 0 aliphatic heterocycles. The maximum atomic E-state index is 11.5. The van der Waals surface area contributed by atoms with Gasteiger partial charge in [0.15, 0.2) is 0 Å². The third-order valence-electron chi connectivity index (χ3n) is 2.30. The third-order valence-corrected chi connectivity index (χ3v) is 2.30. The quantitative estimate of drug-likeness (QED) is 0.485. The molecule has 0 saturated heterocycles. The highest BCUT2D eigenvalue weighted by Gasteiger charge is 2.17. The largest absolute Gasteiger partial charge is 0.466 e. The van der Waals surface area contributed by atoms with Gasteiger partial charge in [0.25, 0.3) is 0 Å². The number of hydrogen-bond donors (Lipinski definition) is 1. The molecule has 0 fully saturated rings. The number of Topliss-reactive ketones (excluding diaryl/α,β-unsaturated/α-hetero) is 1. The predicted octanol–water partition coefficient (Wildman–Crippen LogP) is 0.357. The highest BCUT2D eigenvalue weighted by Crippen LogP contribution is 1.99. The fraction of sp³-hybridized carbons (Fsp3) is 0.692. The van der Waals surface area contributed by atoms with Crippen molar-refractivity contribution in [2.24, 2.45) is 0 Å². The first-order chi connectivity index (χ1) is 9.40. The van der Waals surface area contributed by atoms with Crippen molar-refractivity contribution in [1.29, 1.82) is 0 Å². The van der Waals surface area contributed by atoms with Crippen LogP contribution in [0.2, 0.25) is 0 Å². The monoisotopic (exact) mass is 287 g/mol. The van der Waals surface area contributed by atoms with Crippen LogP contribution in [0.4, 0.5) is 0 Å². The standard InChI is InChI=1S/C13H21NO6/c1-4-19-12(17)8-10(15)6-7-11(16)14-9(3)13(18)20-5-2/h9H,4-8H2,1-3H3,(H,14,16). The smallest absolute Gasteiger partial charge is 0.328 e. The van der Waals surface area contributed by atoms with E-state index in [1.807, 2.05) is 0 Å². The predicted molar refractivity (Wildman–Crippen MR) is 69.7 cm³/mol. The third kappa shape index (κ3) is 8.23. The Kier molecular flexibility index (Phi) is 8.98. The van der Waals surface area contributed by atoms with E-state index >= 15 is 0 Å². The lowest BCUT2D eigenvalue weighted by atomic mass is 10.1. The van der Waals surface area contributed by atoms with Gasteiger partial charge in [0.1, 0.15) is 18.2 Å². The Morgan fingerprint density at radius 1 is 1.00 bits per heavy atom. The molecule has 1 amide bonds. The van der Waals surface area contributed by atoms with Gasteiger partial charge < -0.3 is 14.8 Å². The van der Waals surface area contributed by atoms with E-state index in [-0.39, 0.29) is 38.3 Å². The lowest BCUT2D eigenvalue weighted by molar-refractivity contribution is -0.146. The van der Waals surface area contributed by atoms with Crippen molar-refractivity contribution < 1.29 is 28.7 Å². The molecule has 0 aliphatic rings. The Morgan fingerprint density at radius 3 is 2.15 bits per heavy atom. The van der Waals surface area contributed by atoms with E-state index < -0.39 is 23.9 Å². The van der Waals surface area contributed by atoms with Crippen molar-refractivity contribution in [3.8, 4) is 0 Å². The van der Waals surface area contributed by atoms with Crippen LogP contribution >= 0.6 is 0 Å². The molecule has 7 nitrogen and oxygen atoms in total. The molecule has 114 valence electrons.